The van der Waals surface area contributed by atoms with Crippen LogP contribution >= 0.6 is 0 Å². The first kappa shape index (κ1) is 14.9. The summed E-state index contributed by atoms with van der Waals surface area (Å²) in [6.07, 6.45) is 3.55. The van der Waals surface area contributed by atoms with Crippen LogP contribution in [0.25, 0.3) is 0 Å². The van der Waals surface area contributed by atoms with Gasteiger partial charge in [0, 0.05) is 17.3 Å². The molecule has 1 amide bonds. The zero-order valence-electron chi connectivity index (χ0n) is 13.0. The third kappa shape index (κ3) is 3.75. The molecule has 20 heavy (non-hydrogen) atoms. The van der Waals surface area contributed by atoms with Crippen molar-refractivity contribution in [1.29, 1.82) is 0 Å². The standard InChI is InChI=1S/C17H26N2O/c1-16(2)9-14(10-17(3,4)11-16)19-13-7-5-6-12(8-13)15(18)20/h5-8,14,19H,9-11H2,1-4H3,(H2,18,20). The summed E-state index contributed by atoms with van der Waals surface area (Å²) in [5.74, 6) is -0.377. The van der Waals surface area contributed by atoms with Crippen LogP contribution in [0.4, 0.5) is 5.69 Å². The number of amides is 1. The first-order valence-electron chi connectivity index (χ1n) is 7.33. The van der Waals surface area contributed by atoms with Crippen molar-refractivity contribution in [2.24, 2.45) is 16.6 Å². The Morgan fingerprint density at radius 2 is 1.80 bits per heavy atom. The molecule has 0 saturated heterocycles. The van der Waals surface area contributed by atoms with Gasteiger partial charge in [-0.05, 0) is 48.3 Å². The first-order valence-corrected chi connectivity index (χ1v) is 7.33. The van der Waals surface area contributed by atoms with Crippen molar-refractivity contribution in [3.8, 4) is 0 Å². The van der Waals surface area contributed by atoms with Gasteiger partial charge in [-0.15, -0.1) is 0 Å². The maximum atomic E-state index is 11.2. The van der Waals surface area contributed by atoms with Gasteiger partial charge in [-0.2, -0.15) is 0 Å². The number of benzene rings is 1. The van der Waals surface area contributed by atoms with Gasteiger partial charge in [-0.3, -0.25) is 4.79 Å². The monoisotopic (exact) mass is 274 g/mol. The highest BCUT2D eigenvalue weighted by Crippen LogP contribution is 2.46. The molecule has 1 fully saturated rings. The molecule has 0 radical (unpaired) electrons. The number of hydrogen-bond donors (Lipinski definition) is 2. The summed E-state index contributed by atoms with van der Waals surface area (Å²) in [7, 11) is 0. The maximum absolute atomic E-state index is 11.2. The predicted octanol–water partition coefficient (Wildman–Crippen LogP) is 3.80. The van der Waals surface area contributed by atoms with Crippen LogP contribution in [-0.2, 0) is 0 Å². The lowest BCUT2D eigenvalue weighted by atomic mass is 9.63. The fraction of sp³-hybridized carbons (Fsp3) is 0.588. The van der Waals surface area contributed by atoms with E-state index in [-0.39, 0.29) is 5.91 Å². The Morgan fingerprint density at radius 3 is 2.35 bits per heavy atom. The number of hydrogen-bond acceptors (Lipinski definition) is 2. The molecule has 1 aliphatic rings. The average molecular weight is 274 g/mol. The van der Waals surface area contributed by atoms with E-state index >= 15 is 0 Å². The van der Waals surface area contributed by atoms with Crippen molar-refractivity contribution in [3.05, 3.63) is 29.8 Å². The third-order valence-electron chi connectivity index (χ3n) is 4.07. The van der Waals surface area contributed by atoms with E-state index in [0.717, 1.165) is 18.5 Å². The lowest BCUT2D eigenvalue weighted by Crippen LogP contribution is -2.40. The van der Waals surface area contributed by atoms with Gasteiger partial charge in [0.25, 0.3) is 0 Å². The number of nitrogens with one attached hydrogen (secondary N) is 1. The van der Waals surface area contributed by atoms with E-state index in [1.807, 2.05) is 18.2 Å². The van der Waals surface area contributed by atoms with Crippen LogP contribution in [0.5, 0.6) is 0 Å². The first-order chi connectivity index (χ1) is 9.17. The Kier molecular flexibility index (Phi) is 3.81. The lowest BCUT2D eigenvalue weighted by molar-refractivity contribution is 0.0998. The molecule has 3 heteroatoms. The second kappa shape index (κ2) is 5.12. The molecule has 2 rings (SSSR count). The van der Waals surface area contributed by atoms with Gasteiger partial charge < -0.3 is 11.1 Å². The van der Waals surface area contributed by atoms with Crippen molar-refractivity contribution < 1.29 is 4.79 Å². The number of carbonyl (C=O) groups is 1. The van der Waals surface area contributed by atoms with Crippen LogP contribution in [0.2, 0.25) is 0 Å². The van der Waals surface area contributed by atoms with Crippen LogP contribution in [0, 0.1) is 10.8 Å². The molecule has 0 heterocycles. The Labute approximate surface area is 121 Å². The van der Waals surface area contributed by atoms with Gasteiger partial charge in [-0.25, -0.2) is 0 Å². The van der Waals surface area contributed by atoms with E-state index < -0.39 is 0 Å². The van der Waals surface area contributed by atoms with Crippen molar-refractivity contribution in [1.82, 2.24) is 0 Å². The van der Waals surface area contributed by atoms with Crippen molar-refractivity contribution in [2.45, 2.75) is 53.0 Å². The quantitative estimate of drug-likeness (QED) is 0.880. The maximum Gasteiger partial charge on any atom is 0.248 e. The molecule has 1 aromatic rings. The molecule has 0 aliphatic heterocycles. The topological polar surface area (TPSA) is 55.1 Å². The summed E-state index contributed by atoms with van der Waals surface area (Å²) < 4.78 is 0. The van der Waals surface area contributed by atoms with Gasteiger partial charge in [0.1, 0.15) is 0 Å². The number of nitrogens with two attached hydrogens (primary N) is 1. The van der Waals surface area contributed by atoms with E-state index in [0.29, 0.717) is 22.4 Å². The number of anilines is 1. The Balaban J connectivity index is 2.13. The molecule has 1 aliphatic carbocycles. The number of carbonyl (C=O) groups excluding carboxylic acids is 1. The van der Waals surface area contributed by atoms with Gasteiger partial charge in [0.2, 0.25) is 5.91 Å². The molecule has 110 valence electrons. The molecule has 3 nitrogen and oxygen atoms in total. The number of rotatable bonds is 3. The highest BCUT2D eigenvalue weighted by Gasteiger charge is 2.38. The smallest absolute Gasteiger partial charge is 0.248 e. The van der Waals surface area contributed by atoms with Crippen LogP contribution in [0.3, 0.4) is 0 Å². The molecule has 1 aromatic carbocycles. The molecule has 0 unspecified atom stereocenters. The normalized spacial score (nSPS) is 21.4. The van der Waals surface area contributed by atoms with Crippen LogP contribution in [0.1, 0.15) is 57.3 Å². The third-order valence-corrected chi connectivity index (χ3v) is 4.07. The Morgan fingerprint density at radius 1 is 1.20 bits per heavy atom. The summed E-state index contributed by atoms with van der Waals surface area (Å²) in [4.78, 5) is 11.2. The average Bonchev–Trinajstić information content (AvgIpc) is 2.24. The predicted molar refractivity (Wildman–Crippen MR) is 83.8 cm³/mol. The van der Waals surface area contributed by atoms with E-state index in [9.17, 15) is 4.79 Å². The summed E-state index contributed by atoms with van der Waals surface area (Å²) >= 11 is 0. The highest BCUT2D eigenvalue weighted by atomic mass is 16.1. The lowest BCUT2D eigenvalue weighted by Gasteiger charge is -2.45. The second-order valence-electron chi connectivity index (χ2n) is 7.70. The van der Waals surface area contributed by atoms with E-state index in [2.05, 4.69) is 33.0 Å². The fourth-order valence-corrected chi connectivity index (χ4v) is 3.95. The summed E-state index contributed by atoms with van der Waals surface area (Å²) in [6.45, 7) is 9.34. The van der Waals surface area contributed by atoms with E-state index in [1.54, 1.807) is 6.07 Å². The van der Waals surface area contributed by atoms with Crippen molar-refractivity contribution in [2.75, 3.05) is 5.32 Å². The summed E-state index contributed by atoms with van der Waals surface area (Å²) in [5.41, 5.74) is 7.58. The minimum Gasteiger partial charge on any atom is -0.382 e. The highest BCUT2D eigenvalue weighted by molar-refractivity contribution is 5.93. The summed E-state index contributed by atoms with van der Waals surface area (Å²) in [5, 5.41) is 3.58. The fourth-order valence-electron chi connectivity index (χ4n) is 3.95. The SMILES string of the molecule is CC1(C)CC(Nc2cccc(C(N)=O)c2)CC(C)(C)C1. The summed E-state index contributed by atoms with van der Waals surface area (Å²) in [6, 6.07) is 7.92. The van der Waals surface area contributed by atoms with Gasteiger partial charge >= 0.3 is 0 Å². The zero-order chi connectivity index (χ0) is 15.0. The second-order valence-corrected chi connectivity index (χ2v) is 7.70. The number of primary amides is 1. The molecule has 0 spiro atoms. The van der Waals surface area contributed by atoms with Gasteiger partial charge in [-0.1, -0.05) is 33.8 Å². The molecular formula is C17H26N2O. The zero-order valence-corrected chi connectivity index (χ0v) is 13.0. The van der Waals surface area contributed by atoms with Crippen LogP contribution in [0.15, 0.2) is 24.3 Å². The van der Waals surface area contributed by atoms with Gasteiger partial charge in [0.05, 0.1) is 0 Å². The Bertz CT molecular complexity index is 489. The molecule has 0 atom stereocenters. The molecule has 1 saturated carbocycles. The largest absolute Gasteiger partial charge is 0.382 e. The van der Waals surface area contributed by atoms with Crippen LogP contribution in [-0.4, -0.2) is 11.9 Å². The van der Waals surface area contributed by atoms with E-state index in [4.69, 9.17) is 5.73 Å². The molecule has 0 bridgehead atoms. The van der Waals surface area contributed by atoms with E-state index in [1.165, 1.54) is 6.42 Å². The molecule has 0 aromatic heterocycles. The Hall–Kier alpha value is -1.51. The van der Waals surface area contributed by atoms with Crippen LogP contribution < -0.4 is 11.1 Å². The minimum atomic E-state index is -0.377. The molecular weight excluding hydrogens is 248 g/mol. The molecule has 3 N–H and O–H groups in total. The van der Waals surface area contributed by atoms with Gasteiger partial charge in [0.15, 0.2) is 0 Å². The van der Waals surface area contributed by atoms with Crippen molar-refractivity contribution >= 4 is 11.6 Å². The minimum absolute atomic E-state index is 0.348. The van der Waals surface area contributed by atoms with Crippen molar-refractivity contribution in [3.63, 3.8) is 0 Å².